The van der Waals surface area contributed by atoms with E-state index in [0.29, 0.717) is 28.2 Å². The zero-order valence-electron chi connectivity index (χ0n) is 23.4. The highest BCUT2D eigenvalue weighted by molar-refractivity contribution is 8.15. The fraction of sp³-hybridized carbons (Fsp3) is 0.172. The molecule has 0 atom stereocenters. The van der Waals surface area contributed by atoms with Gasteiger partial charge in [0.1, 0.15) is 12.1 Å². The molecule has 3 aromatic carbocycles. The molecule has 0 spiro atoms. The fourth-order valence-electron chi connectivity index (χ4n) is 4.19. The molecule has 4 aromatic rings. The number of carbonyl (C=O) groups excluding carboxylic acids is 2. The van der Waals surface area contributed by atoms with Gasteiger partial charge in [0.2, 0.25) is 5.91 Å². The summed E-state index contributed by atoms with van der Waals surface area (Å²) in [5, 5.41) is 8.16. The number of aliphatic imine (C=N–C) groups is 1. The number of urea groups is 1. The number of anilines is 1. The first kappa shape index (κ1) is 31.3. The summed E-state index contributed by atoms with van der Waals surface area (Å²) in [6.07, 6.45) is -2.03. The minimum atomic E-state index is -4.79. The second-order valence-corrected chi connectivity index (χ2v) is 10.6. The van der Waals surface area contributed by atoms with Crippen molar-refractivity contribution in [3.05, 3.63) is 89.7 Å². The van der Waals surface area contributed by atoms with Gasteiger partial charge in [-0.2, -0.15) is 10.1 Å². The highest BCUT2D eigenvalue weighted by Gasteiger charge is 2.37. The highest BCUT2D eigenvalue weighted by atomic mass is 32.2. The number of amides is 3. The molecule has 0 unspecified atom stereocenters. The van der Waals surface area contributed by atoms with Gasteiger partial charge in [-0.25, -0.2) is 28.7 Å². The number of ether oxygens (including phenoxy) is 1. The number of carbonyl (C=O) groups is 2. The lowest BCUT2D eigenvalue weighted by molar-refractivity contribution is -0.274. The van der Waals surface area contributed by atoms with Gasteiger partial charge in [0, 0.05) is 18.1 Å². The molecule has 0 saturated carbocycles. The van der Waals surface area contributed by atoms with Crippen LogP contribution in [0.25, 0.3) is 17.1 Å². The van der Waals surface area contributed by atoms with E-state index in [1.54, 1.807) is 31.2 Å². The Balaban J connectivity index is 1.22. The zero-order chi connectivity index (χ0) is 32.4. The number of hydrogen-bond donors (Lipinski definition) is 1. The van der Waals surface area contributed by atoms with Gasteiger partial charge >= 0.3 is 12.4 Å². The van der Waals surface area contributed by atoms with Gasteiger partial charge in [0.05, 0.1) is 23.3 Å². The molecule has 1 aliphatic heterocycles. The van der Waals surface area contributed by atoms with Gasteiger partial charge in [0.15, 0.2) is 11.0 Å². The molecule has 1 aromatic heterocycles. The smallest absolute Gasteiger partial charge is 0.406 e. The quantitative estimate of drug-likeness (QED) is 0.141. The van der Waals surface area contributed by atoms with Crippen LogP contribution < -0.4 is 15.1 Å². The van der Waals surface area contributed by atoms with E-state index in [-0.39, 0.29) is 27.9 Å². The molecule has 0 aliphatic carbocycles. The first-order valence-corrected chi connectivity index (χ1v) is 14.0. The van der Waals surface area contributed by atoms with Crippen molar-refractivity contribution in [3.63, 3.8) is 0 Å². The molecule has 1 aliphatic rings. The average molecular weight is 644 g/mol. The summed E-state index contributed by atoms with van der Waals surface area (Å²) in [5.74, 6) is -3.80. The predicted octanol–water partition coefficient (Wildman–Crippen LogP) is 6.43. The number of aromatic nitrogens is 3. The van der Waals surface area contributed by atoms with Gasteiger partial charge in [-0.05, 0) is 48.4 Å². The average Bonchev–Trinajstić information content (AvgIpc) is 3.59. The minimum Gasteiger partial charge on any atom is -0.406 e. The van der Waals surface area contributed by atoms with E-state index in [1.165, 1.54) is 59.7 Å². The van der Waals surface area contributed by atoms with Crippen LogP contribution in [0.1, 0.15) is 23.6 Å². The molecule has 0 radical (unpaired) electrons. The molecule has 1 fully saturated rings. The third-order valence-corrected chi connectivity index (χ3v) is 7.12. The van der Waals surface area contributed by atoms with E-state index in [9.17, 15) is 31.5 Å². The Morgan fingerprint density at radius 2 is 1.76 bits per heavy atom. The maximum absolute atomic E-state index is 14.3. The van der Waals surface area contributed by atoms with Crippen LogP contribution in [0.3, 0.4) is 0 Å². The van der Waals surface area contributed by atoms with Gasteiger partial charge in [-0.1, -0.05) is 48.2 Å². The Bertz CT molecular complexity index is 1780. The van der Waals surface area contributed by atoms with Crippen LogP contribution in [-0.2, 0) is 10.7 Å². The van der Waals surface area contributed by atoms with Crippen LogP contribution in [-0.4, -0.2) is 50.2 Å². The number of benzene rings is 3. The predicted molar refractivity (Wildman–Crippen MR) is 158 cm³/mol. The summed E-state index contributed by atoms with van der Waals surface area (Å²) in [6.45, 7) is 2.43. The third-order valence-electron chi connectivity index (χ3n) is 6.20. The number of hydrogen-bond acceptors (Lipinski definition) is 7. The van der Waals surface area contributed by atoms with Crippen molar-refractivity contribution >= 4 is 40.8 Å². The van der Waals surface area contributed by atoms with E-state index in [1.807, 2.05) is 0 Å². The SMILES string of the molecule is Cc1ccc(C(C)(F)F)c(N2C(=O)CSC2=NC(=O)N/N=C/c2ccc(-c3ncn(-c4ccc(OC(F)(F)F)cc4)n3)cc2)c1. The van der Waals surface area contributed by atoms with Crippen LogP contribution >= 0.6 is 11.8 Å². The number of rotatable bonds is 7. The molecule has 5 rings (SSSR count). The molecular formula is C29H22F5N7O3S. The summed E-state index contributed by atoms with van der Waals surface area (Å²) in [4.78, 5) is 34.2. The Morgan fingerprint density at radius 3 is 2.42 bits per heavy atom. The first-order chi connectivity index (χ1) is 21.3. The molecule has 1 N–H and O–H groups in total. The molecule has 232 valence electrons. The number of nitrogens with zero attached hydrogens (tertiary/aromatic N) is 6. The van der Waals surface area contributed by atoms with Gasteiger partial charge in [-0.3, -0.25) is 9.69 Å². The zero-order valence-corrected chi connectivity index (χ0v) is 24.2. The van der Waals surface area contributed by atoms with Gasteiger partial charge in [0.25, 0.3) is 5.92 Å². The molecule has 2 heterocycles. The summed E-state index contributed by atoms with van der Waals surface area (Å²) < 4.78 is 70.9. The van der Waals surface area contributed by atoms with Crippen LogP contribution in [0.4, 0.5) is 32.4 Å². The van der Waals surface area contributed by atoms with E-state index in [4.69, 9.17) is 0 Å². The highest BCUT2D eigenvalue weighted by Crippen LogP contribution is 2.38. The molecule has 3 amide bonds. The summed E-state index contributed by atoms with van der Waals surface area (Å²) >= 11 is 0.948. The molecule has 45 heavy (non-hydrogen) atoms. The minimum absolute atomic E-state index is 0.0413. The summed E-state index contributed by atoms with van der Waals surface area (Å²) in [5.41, 5.74) is 4.17. The second kappa shape index (κ2) is 12.5. The molecule has 10 nitrogen and oxygen atoms in total. The second-order valence-electron chi connectivity index (χ2n) is 9.67. The normalized spacial score (nSPS) is 14.9. The monoisotopic (exact) mass is 643 g/mol. The first-order valence-electron chi connectivity index (χ1n) is 13.0. The number of thioether (sulfide) groups is 1. The number of halogens is 5. The van der Waals surface area contributed by atoms with Crippen molar-refractivity contribution in [1.29, 1.82) is 0 Å². The maximum atomic E-state index is 14.3. The van der Waals surface area contributed by atoms with Crippen molar-refractivity contribution in [1.82, 2.24) is 20.2 Å². The van der Waals surface area contributed by atoms with E-state index in [0.717, 1.165) is 23.6 Å². The largest absolute Gasteiger partial charge is 0.573 e. The fourth-order valence-corrected chi connectivity index (χ4v) is 5.05. The van der Waals surface area contributed by atoms with Crippen molar-refractivity contribution in [3.8, 4) is 22.8 Å². The topological polar surface area (TPSA) is 114 Å². The maximum Gasteiger partial charge on any atom is 0.573 e. The molecular weight excluding hydrogens is 621 g/mol. The van der Waals surface area contributed by atoms with Crippen LogP contribution in [0, 0.1) is 6.92 Å². The van der Waals surface area contributed by atoms with Crippen LogP contribution in [0.5, 0.6) is 5.75 Å². The number of alkyl halides is 5. The number of aryl methyl sites for hydroxylation is 1. The van der Waals surface area contributed by atoms with Gasteiger partial charge in [-0.15, -0.1) is 18.3 Å². The van der Waals surface area contributed by atoms with Crippen molar-refractivity contribution in [2.75, 3.05) is 10.7 Å². The van der Waals surface area contributed by atoms with E-state index >= 15 is 0 Å². The lowest BCUT2D eigenvalue weighted by Crippen LogP contribution is -2.32. The van der Waals surface area contributed by atoms with E-state index < -0.39 is 24.2 Å². The standard InChI is InChI=1S/C29H22F5N7O3S/c1-17-3-12-22(28(2,30)31)23(13-17)41-24(42)15-45-27(41)37-26(43)38-36-14-18-4-6-19(7-5-18)25-35-16-40(39-25)20-8-10-21(11-9-20)44-29(32,33)34/h3-14,16H,15H2,1-2H3,(H,38,43)/b36-14+,37-27?. The van der Waals surface area contributed by atoms with Crippen molar-refractivity contribution in [2.24, 2.45) is 10.1 Å². The number of hydrazone groups is 1. The molecule has 1 saturated heterocycles. The Hall–Kier alpha value is -5.12. The Labute approximate surface area is 256 Å². The van der Waals surface area contributed by atoms with Crippen LogP contribution in [0.2, 0.25) is 0 Å². The molecule has 0 bridgehead atoms. The lowest BCUT2D eigenvalue weighted by atomic mass is 10.0. The van der Waals surface area contributed by atoms with Crippen LogP contribution in [0.15, 0.2) is 83.2 Å². The number of amidine groups is 1. The summed E-state index contributed by atoms with van der Waals surface area (Å²) in [6, 6.07) is 15.2. The number of nitrogens with one attached hydrogen (secondary N) is 1. The molecule has 16 heteroatoms. The van der Waals surface area contributed by atoms with Crippen molar-refractivity contribution < 1.29 is 36.3 Å². The van der Waals surface area contributed by atoms with E-state index in [2.05, 4.69) is 30.3 Å². The lowest BCUT2D eigenvalue weighted by Gasteiger charge is -2.23. The van der Waals surface area contributed by atoms with Gasteiger partial charge < -0.3 is 4.74 Å². The third kappa shape index (κ3) is 7.70. The Morgan fingerprint density at radius 1 is 1.04 bits per heavy atom. The summed E-state index contributed by atoms with van der Waals surface area (Å²) in [7, 11) is 0. The van der Waals surface area contributed by atoms with Crippen molar-refractivity contribution in [2.45, 2.75) is 26.1 Å². The Kier molecular flexibility index (Phi) is 8.68.